The van der Waals surface area contributed by atoms with E-state index in [0.717, 1.165) is 0 Å². The van der Waals surface area contributed by atoms with Crippen LogP contribution >= 0.6 is 0 Å². The van der Waals surface area contributed by atoms with E-state index in [0.29, 0.717) is 19.0 Å². The zero-order valence-corrected chi connectivity index (χ0v) is 6.91. The summed E-state index contributed by atoms with van der Waals surface area (Å²) in [6, 6.07) is 0. The van der Waals surface area contributed by atoms with E-state index < -0.39 is 0 Å². The number of rotatable bonds is 3. The highest BCUT2D eigenvalue weighted by atomic mass is 15.4. The van der Waals surface area contributed by atoms with Crippen molar-refractivity contribution in [1.29, 1.82) is 0 Å². The van der Waals surface area contributed by atoms with Crippen LogP contribution in [0.15, 0.2) is 18.7 Å². The zero-order chi connectivity index (χ0) is 9.10. The third-order valence-corrected chi connectivity index (χ3v) is 1.58. The Balaban J connectivity index is 1.93. The van der Waals surface area contributed by atoms with Crippen LogP contribution < -0.4 is 5.73 Å². The van der Waals surface area contributed by atoms with Gasteiger partial charge in [0, 0.05) is 6.20 Å². The minimum absolute atomic E-state index is 0.290. The first kappa shape index (κ1) is 7.71. The quantitative estimate of drug-likeness (QED) is 0.663. The molecule has 0 aliphatic carbocycles. The second-order valence-corrected chi connectivity index (χ2v) is 2.53. The molecule has 0 aliphatic heterocycles. The van der Waals surface area contributed by atoms with Crippen molar-refractivity contribution < 1.29 is 0 Å². The molecule has 0 radical (unpaired) electrons. The molecular formula is C6H9N7. The van der Waals surface area contributed by atoms with E-state index >= 15 is 0 Å². The molecule has 0 aliphatic rings. The minimum atomic E-state index is 0.290. The minimum Gasteiger partial charge on any atom is -0.367 e. The molecule has 2 rings (SSSR count). The SMILES string of the molecule is Nc1ncn(CCn2ccnn2)n1. The average molecular weight is 179 g/mol. The second-order valence-electron chi connectivity index (χ2n) is 2.53. The summed E-state index contributed by atoms with van der Waals surface area (Å²) >= 11 is 0. The lowest BCUT2D eigenvalue weighted by molar-refractivity contribution is 0.489. The van der Waals surface area contributed by atoms with Crippen LogP contribution in [0.25, 0.3) is 0 Å². The van der Waals surface area contributed by atoms with Gasteiger partial charge in [-0.3, -0.25) is 4.68 Å². The van der Waals surface area contributed by atoms with E-state index in [1.165, 1.54) is 0 Å². The third kappa shape index (κ3) is 1.81. The topological polar surface area (TPSA) is 87.4 Å². The van der Waals surface area contributed by atoms with Crippen molar-refractivity contribution in [3.63, 3.8) is 0 Å². The predicted octanol–water partition coefficient (Wildman–Crippen LogP) is -0.848. The molecule has 0 aromatic carbocycles. The Morgan fingerprint density at radius 1 is 1.31 bits per heavy atom. The lowest BCUT2D eigenvalue weighted by atomic mass is 10.6. The fourth-order valence-corrected chi connectivity index (χ4v) is 0.974. The molecule has 0 spiro atoms. The highest BCUT2D eigenvalue weighted by Gasteiger charge is 1.96. The summed E-state index contributed by atoms with van der Waals surface area (Å²) < 4.78 is 3.38. The summed E-state index contributed by atoms with van der Waals surface area (Å²) in [5.41, 5.74) is 5.35. The smallest absolute Gasteiger partial charge is 0.239 e. The maximum atomic E-state index is 5.35. The number of nitrogen functional groups attached to an aromatic ring is 1. The number of aromatic nitrogens is 6. The standard InChI is InChI=1S/C6H9N7/c7-6-8-5-13(10-6)4-3-12-2-1-9-11-12/h1-2,5H,3-4H2,(H2,7,10). The molecule has 7 heteroatoms. The molecular weight excluding hydrogens is 170 g/mol. The van der Waals surface area contributed by atoms with Gasteiger partial charge in [0.2, 0.25) is 5.95 Å². The molecule has 2 N–H and O–H groups in total. The highest BCUT2D eigenvalue weighted by Crippen LogP contribution is 1.90. The molecule has 0 saturated carbocycles. The van der Waals surface area contributed by atoms with Crippen LogP contribution in [-0.4, -0.2) is 29.8 Å². The lowest BCUT2D eigenvalue weighted by Gasteiger charge is -1.98. The Kier molecular flexibility index (Phi) is 1.91. The van der Waals surface area contributed by atoms with Crippen molar-refractivity contribution in [2.75, 3.05) is 5.73 Å². The third-order valence-electron chi connectivity index (χ3n) is 1.58. The first-order chi connectivity index (χ1) is 6.34. The maximum absolute atomic E-state index is 5.35. The van der Waals surface area contributed by atoms with Gasteiger partial charge in [0.1, 0.15) is 6.33 Å². The van der Waals surface area contributed by atoms with Crippen LogP contribution in [0.4, 0.5) is 5.95 Å². The van der Waals surface area contributed by atoms with E-state index in [9.17, 15) is 0 Å². The Morgan fingerprint density at radius 3 is 2.77 bits per heavy atom. The molecule has 7 nitrogen and oxygen atoms in total. The van der Waals surface area contributed by atoms with Gasteiger partial charge in [-0.1, -0.05) is 5.21 Å². The molecule has 0 atom stereocenters. The maximum Gasteiger partial charge on any atom is 0.239 e. The fourth-order valence-electron chi connectivity index (χ4n) is 0.974. The Morgan fingerprint density at radius 2 is 2.15 bits per heavy atom. The van der Waals surface area contributed by atoms with Crippen molar-refractivity contribution in [1.82, 2.24) is 29.8 Å². The number of nitrogens with two attached hydrogens (primary N) is 1. The van der Waals surface area contributed by atoms with Gasteiger partial charge in [0.15, 0.2) is 0 Å². The van der Waals surface area contributed by atoms with Gasteiger partial charge in [-0.05, 0) is 0 Å². The number of hydrogen-bond acceptors (Lipinski definition) is 5. The first-order valence-corrected chi connectivity index (χ1v) is 3.83. The predicted molar refractivity (Wildman–Crippen MR) is 44.5 cm³/mol. The molecule has 13 heavy (non-hydrogen) atoms. The number of aryl methyl sites for hydroxylation is 2. The van der Waals surface area contributed by atoms with Crippen LogP contribution in [0.5, 0.6) is 0 Å². The Hall–Kier alpha value is -1.92. The Bertz CT molecular complexity index is 362. The summed E-state index contributed by atoms with van der Waals surface area (Å²) in [6.07, 6.45) is 5.02. The highest BCUT2D eigenvalue weighted by molar-refractivity contribution is 5.08. The molecule has 0 unspecified atom stereocenters. The molecule has 0 amide bonds. The molecule has 0 saturated heterocycles. The first-order valence-electron chi connectivity index (χ1n) is 3.83. The van der Waals surface area contributed by atoms with Crippen LogP contribution in [-0.2, 0) is 13.1 Å². The molecule has 68 valence electrons. The van der Waals surface area contributed by atoms with Gasteiger partial charge in [-0.2, -0.15) is 0 Å². The van der Waals surface area contributed by atoms with Gasteiger partial charge in [0.25, 0.3) is 0 Å². The summed E-state index contributed by atoms with van der Waals surface area (Å²) in [7, 11) is 0. The van der Waals surface area contributed by atoms with E-state index in [2.05, 4.69) is 20.4 Å². The zero-order valence-electron chi connectivity index (χ0n) is 6.91. The monoisotopic (exact) mass is 179 g/mol. The van der Waals surface area contributed by atoms with Crippen LogP contribution in [0, 0.1) is 0 Å². The van der Waals surface area contributed by atoms with E-state index in [4.69, 9.17) is 5.73 Å². The summed E-state index contributed by atoms with van der Waals surface area (Å²) in [6.45, 7) is 1.40. The largest absolute Gasteiger partial charge is 0.367 e. The fraction of sp³-hybridized carbons (Fsp3) is 0.333. The van der Waals surface area contributed by atoms with Crippen LogP contribution in [0.3, 0.4) is 0 Å². The molecule has 2 aromatic rings. The van der Waals surface area contributed by atoms with Gasteiger partial charge < -0.3 is 5.73 Å². The Labute approximate surface area is 74.2 Å². The summed E-state index contributed by atoms with van der Waals surface area (Å²) in [5, 5.41) is 11.4. The average Bonchev–Trinajstić information content (AvgIpc) is 2.71. The van der Waals surface area contributed by atoms with Gasteiger partial charge in [-0.25, -0.2) is 9.67 Å². The van der Waals surface area contributed by atoms with Crippen molar-refractivity contribution in [3.8, 4) is 0 Å². The molecule has 2 aromatic heterocycles. The number of hydrogen-bond donors (Lipinski definition) is 1. The summed E-state index contributed by atoms with van der Waals surface area (Å²) in [5.74, 6) is 0.290. The normalized spacial score (nSPS) is 10.5. The van der Waals surface area contributed by atoms with Crippen molar-refractivity contribution in [2.45, 2.75) is 13.1 Å². The molecule has 0 fully saturated rings. The molecule has 2 heterocycles. The van der Waals surface area contributed by atoms with Gasteiger partial charge in [0.05, 0.1) is 19.3 Å². The van der Waals surface area contributed by atoms with E-state index in [1.807, 2.05) is 0 Å². The second kappa shape index (κ2) is 3.21. The lowest BCUT2D eigenvalue weighted by Crippen LogP contribution is -2.08. The van der Waals surface area contributed by atoms with Crippen LogP contribution in [0.2, 0.25) is 0 Å². The van der Waals surface area contributed by atoms with Crippen molar-refractivity contribution >= 4 is 5.95 Å². The molecule has 0 bridgehead atoms. The van der Waals surface area contributed by atoms with E-state index in [-0.39, 0.29) is 0 Å². The van der Waals surface area contributed by atoms with Crippen LogP contribution in [0.1, 0.15) is 0 Å². The number of anilines is 1. The van der Waals surface area contributed by atoms with E-state index in [1.54, 1.807) is 28.1 Å². The summed E-state index contributed by atoms with van der Waals surface area (Å²) in [4.78, 5) is 3.80. The number of nitrogens with zero attached hydrogens (tertiary/aromatic N) is 6. The van der Waals surface area contributed by atoms with Crippen molar-refractivity contribution in [2.24, 2.45) is 0 Å². The van der Waals surface area contributed by atoms with Gasteiger partial charge in [-0.15, -0.1) is 10.2 Å². The van der Waals surface area contributed by atoms with Gasteiger partial charge >= 0.3 is 0 Å². The van der Waals surface area contributed by atoms with Crippen molar-refractivity contribution in [3.05, 3.63) is 18.7 Å².